The van der Waals surface area contributed by atoms with Crippen molar-refractivity contribution in [2.45, 2.75) is 44.3 Å². The van der Waals surface area contributed by atoms with Gasteiger partial charge >= 0.3 is 0 Å². The lowest BCUT2D eigenvalue weighted by Crippen LogP contribution is -2.44. The molecule has 3 rings (SSSR count). The zero-order valence-electron chi connectivity index (χ0n) is 16.0. The standard InChI is InChI=1S/C20H30F2N2O3/c1-26-19-12-16(13-23-8-2-3-9-23)4-5-18(19)27-15-17(25)14-24-10-6-20(21,22)7-11-24/h4-5,12,17,25H,2-3,6-11,13-15H2,1H3. The molecule has 5 nitrogen and oxygen atoms in total. The monoisotopic (exact) mass is 384 g/mol. The van der Waals surface area contributed by atoms with Crippen molar-refractivity contribution in [1.29, 1.82) is 0 Å². The summed E-state index contributed by atoms with van der Waals surface area (Å²) < 4.78 is 37.6. The maximum Gasteiger partial charge on any atom is 0.250 e. The predicted molar refractivity (Wildman–Crippen MR) is 99.6 cm³/mol. The van der Waals surface area contributed by atoms with Crippen LogP contribution in [0.25, 0.3) is 0 Å². The number of nitrogens with zero attached hydrogens (tertiary/aromatic N) is 2. The summed E-state index contributed by atoms with van der Waals surface area (Å²) in [6, 6.07) is 5.88. The highest BCUT2D eigenvalue weighted by molar-refractivity contribution is 5.43. The smallest absolute Gasteiger partial charge is 0.250 e. The molecule has 0 spiro atoms. The van der Waals surface area contributed by atoms with Crippen LogP contribution in [0.2, 0.25) is 0 Å². The highest BCUT2D eigenvalue weighted by Crippen LogP contribution is 2.30. The molecule has 2 aliphatic rings. The van der Waals surface area contributed by atoms with Gasteiger partial charge in [0, 0.05) is 39.0 Å². The lowest BCUT2D eigenvalue weighted by molar-refractivity contribution is -0.0628. The molecule has 0 aromatic heterocycles. The molecule has 0 amide bonds. The topological polar surface area (TPSA) is 45.2 Å². The summed E-state index contributed by atoms with van der Waals surface area (Å²) in [6.45, 7) is 4.22. The van der Waals surface area contributed by atoms with Crippen LogP contribution in [0.3, 0.4) is 0 Å². The summed E-state index contributed by atoms with van der Waals surface area (Å²) in [6.07, 6.45) is 1.49. The Morgan fingerprint density at radius 1 is 1.07 bits per heavy atom. The molecule has 1 atom stereocenters. The van der Waals surface area contributed by atoms with Crippen LogP contribution in [-0.4, -0.2) is 73.4 Å². The Kier molecular flexibility index (Phi) is 6.89. The number of likely N-dealkylation sites (tertiary alicyclic amines) is 2. The Hall–Kier alpha value is -1.44. The number of benzene rings is 1. The molecule has 0 saturated carbocycles. The van der Waals surface area contributed by atoms with Gasteiger partial charge in [0.1, 0.15) is 12.7 Å². The van der Waals surface area contributed by atoms with Gasteiger partial charge in [-0.05, 0) is 43.6 Å². The molecule has 0 bridgehead atoms. The zero-order chi connectivity index (χ0) is 19.3. The first kappa shape index (κ1) is 20.3. The number of alkyl halides is 2. The molecule has 1 aromatic rings. The van der Waals surface area contributed by atoms with E-state index in [1.165, 1.54) is 18.4 Å². The molecule has 1 aromatic carbocycles. The molecule has 1 unspecified atom stereocenters. The molecular formula is C20H30F2N2O3. The SMILES string of the molecule is COc1cc(CN2CCCC2)ccc1OCC(O)CN1CCC(F)(F)CC1. The van der Waals surface area contributed by atoms with Crippen LogP contribution >= 0.6 is 0 Å². The molecule has 7 heteroatoms. The van der Waals surface area contributed by atoms with Gasteiger partial charge in [-0.15, -0.1) is 0 Å². The Morgan fingerprint density at radius 2 is 1.78 bits per heavy atom. The molecular weight excluding hydrogens is 354 g/mol. The molecule has 27 heavy (non-hydrogen) atoms. The fourth-order valence-electron chi connectivity index (χ4n) is 3.73. The summed E-state index contributed by atoms with van der Waals surface area (Å²) in [5.74, 6) is -1.33. The Morgan fingerprint density at radius 3 is 2.44 bits per heavy atom. The van der Waals surface area contributed by atoms with Crippen molar-refractivity contribution in [1.82, 2.24) is 9.80 Å². The first-order valence-corrected chi connectivity index (χ1v) is 9.75. The normalized spacial score (nSPS) is 21.9. The van der Waals surface area contributed by atoms with Crippen molar-refractivity contribution in [3.63, 3.8) is 0 Å². The third-order valence-corrected chi connectivity index (χ3v) is 5.32. The molecule has 2 saturated heterocycles. The van der Waals surface area contributed by atoms with Crippen LogP contribution in [0.4, 0.5) is 8.78 Å². The van der Waals surface area contributed by atoms with Gasteiger partial charge < -0.3 is 19.5 Å². The number of aliphatic hydroxyl groups excluding tert-OH is 1. The lowest BCUT2D eigenvalue weighted by Gasteiger charge is -2.32. The number of hydrogen-bond donors (Lipinski definition) is 1. The Balaban J connectivity index is 1.48. The van der Waals surface area contributed by atoms with E-state index >= 15 is 0 Å². The lowest BCUT2D eigenvalue weighted by atomic mass is 10.1. The van der Waals surface area contributed by atoms with E-state index in [9.17, 15) is 13.9 Å². The van der Waals surface area contributed by atoms with E-state index in [1.807, 2.05) is 23.1 Å². The number of β-amino-alcohol motifs (C(OH)–C–C–N with tert-alkyl or cyclic N) is 1. The number of halogens is 2. The van der Waals surface area contributed by atoms with E-state index in [-0.39, 0.29) is 19.4 Å². The molecule has 0 aliphatic carbocycles. The average Bonchev–Trinajstić information content (AvgIpc) is 3.15. The summed E-state index contributed by atoms with van der Waals surface area (Å²) in [7, 11) is 1.60. The van der Waals surface area contributed by atoms with Crippen LogP contribution in [0, 0.1) is 0 Å². The second-order valence-corrected chi connectivity index (χ2v) is 7.59. The summed E-state index contributed by atoms with van der Waals surface area (Å²) in [5.41, 5.74) is 1.18. The van der Waals surface area contributed by atoms with Gasteiger partial charge in [0.25, 0.3) is 5.92 Å². The minimum absolute atomic E-state index is 0.106. The second kappa shape index (κ2) is 9.17. The van der Waals surface area contributed by atoms with Crippen LogP contribution in [0.5, 0.6) is 11.5 Å². The van der Waals surface area contributed by atoms with E-state index in [4.69, 9.17) is 9.47 Å². The van der Waals surface area contributed by atoms with Crippen molar-refractivity contribution in [3.05, 3.63) is 23.8 Å². The molecule has 2 aliphatic heterocycles. The number of aliphatic hydroxyl groups is 1. The molecule has 1 N–H and O–H groups in total. The maximum absolute atomic E-state index is 13.2. The van der Waals surface area contributed by atoms with Crippen LogP contribution in [0.15, 0.2) is 18.2 Å². The van der Waals surface area contributed by atoms with Gasteiger partial charge in [-0.1, -0.05) is 6.07 Å². The molecule has 2 heterocycles. The molecule has 0 radical (unpaired) electrons. The third kappa shape index (κ3) is 6.02. The van der Waals surface area contributed by atoms with Gasteiger partial charge in [0.05, 0.1) is 7.11 Å². The number of ether oxygens (including phenoxy) is 2. The minimum atomic E-state index is -2.57. The van der Waals surface area contributed by atoms with E-state index in [2.05, 4.69) is 4.90 Å². The van der Waals surface area contributed by atoms with Gasteiger partial charge in [-0.25, -0.2) is 8.78 Å². The van der Waals surface area contributed by atoms with E-state index in [0.717, 1.165) is 19.6 Å². The predicted octanol–water partition coefficient (Wildman–Crippen LogP) is 2.76. The van der Waals surface area contributed by atoms with E-state index in [1.54, 1.807) is 7.11 Å². The third-order valence-electron chi connectivity index (χ3n) is 5.32. The largest absolute Gasteiger partial charge is 0.493 e. The average molecular weight is 384 g/mol. The number of piperidine rings is 1. The quantitative estimate of drug-likeness (QED) is 0.747. The Bertz CT molecular complexity index is 599. The van der Waals surface area contributed by atoms with Crippen molar-refractivity contribution < 1.29 is 23.4 Å². The first-order chi connectivity index (χ1) is 12.9. The van der Waals surface area contributed by atoms with Gasteiger partial charge in [0.15, 0.2) is 11.5 Å². The van der Waals surface area contributed by atoms with Crippen molar-refractivity contribution in [3.8, 4) is 11.5 Å². The highest BCUT2D eigenvalue weighted by Gasteiger charge is 2.34. The van der Waals surface area contributed by atoms with E-state index in [0.29, 0.717) is 31.1 Å². The zero-order valence-corrected chi connectivity index (χ0v) is 16.0. The van der Waals surface area contributed by atoms with Gasteiger partial charge in [0.2, 0.25) is 0 Å². The van der Waals surface area contributed by atoms with E-state index < -0.39 is 12.0 Å². The number of hydrogen-bond acceptors (Lipinski definition) is 5. The number of rotatable bonds is 8. The number of methoxy groups -OCH3 is 1. The fourth-order valence-corrected chi connectivity index (χ4v) is 3.73. The van der Waals surface area contributed by atoms with Crippen LogP contribution in [0.1, 0.15) is 31.2 Å². The fraction of sp³-hybridized carbons (Fsp3) is 0.700. The summed E-state index contributed by atoms with van der Waals surface area (Å²) in [5, 5.41) is 10.2. The maximum atomic E-state index is 13.2. The first-order valence-electron chi connectivity index (χ1n) is 9.75. The van der Waals surface area contributed by atoms with Crippen LogP contribution < -0.4 is 9.47 Å². The second-order valence-electron chi connectivity index (χ2n) is 7.59. The Labute approximate surface area is 159 Å². The molecule has 152 valence electrons. The van der Waals surface area contributed by atoms with Gasteiger partial charge in [-0.3, -0.25) is 4.90 Å². The summed E-state index contributed by atoms with van der Waals surface area (Å²) >= 11 is 0. The van der Waals surface area contributed by atoms with Crippen molar-refractivity contribution in [2.75, 3.05) is 46.4 Å². The minimum Gasteiger partial charge on any atom is -0.493 e. The van der Waals surface area contributed by atoms with Gasteiger partial charge in [-0.2, -0.15) is 0 Å². The summed E-state index contributed by atoms with van der Waals surface area (Å²) in [4.78, 5) is 4.28. The molecule has 2 fully saturated rings. The van der Waals surface area contributed by atoms with Crippen molar-refractivity contribution >= 4 is 0 Å². The van der Waals surface area contributed by atoms with Crippen LogP contribution in [-0.2, 0) is 6.54 Å². The highest BCUT2D eigenvalue weighted by atomic mass is 19.3. The van der Waals surface area contributed by atoms with Crippen molar-refractivity contribution in [2.24, 2.45) is 0 Å².